The summed E-state index contributed by atoms with van der Waals surface area (Å²) in [5, 5.41) is 7.32. The Bertz CT molecular complexity index is 3470. The van der Waals surface area contributed by atoms with E-state index in [2.05, 4.69) is 241 Å². The molecule has 1 heterocycles. The molecule has 2 nitrogen and oxygen atoms in total. The van der Waals surface area contributed by atoms with Crippen LogP contribution < -0.4 is 4.90 Å². The molecule has 0 unspecified atom stereocenters. The maximum Gasteiger partial charge on any atom is 0.0541 e. The number of hydrogen-bond acceptors (Lipinski definition) is 1. The Morgan fingerprint density at radius 3 is 1.55 bits per heavy atom. The fraction of sp³-hybridized carbons (Fsp3) is 0. The van der Waals surface area contributed by atoms with Gasteiger partial charge in [0.15, 0.2) is 0 Å². The molecule has 0 aliphatic heterocycles. The lowest BCUT2D eigenvalue weighted by Gasteiger charge is -2.31. The van der Waals surface area contributed by atoms with Gasteiger partial charge in [-0.05, 0) is 98.1 Å². The molecule has 0 atom stereocenters. The van der Waals surface area contributed by atoms with Crippen molar-refractivity contribution < 1.29 is 0 Å². The van der Waals surface area contributed by atoms with Crippen LogP contribution in [0.25, 0.3) is 94.6 Å². The van der Waals surface area contributed by atoms with Gasteiger partial charge in [0, 0.05) is 33.0 Å². The van der Waals surface area contributed by atoms with Gasteiger partial charge >= 0.3 is 0 Å². The molecule has 0 aliphatic rings. The minimum Gasteiger partial charge on any atom is -0.309 e. The van der Waals surface area contributed by atoms with Crippen molar-refractivity contribution in [1.82, 2.24) is 4.57 Å². The van der Waals surface area contributed by atoms with E-state index in [0.29, 0.717) is 0 Å². The summed E-state index contributed by atoms with van der Waals surface area (Å²) in [6.45, 7) is 8.23. The molecular weight excluding hydrogens is 749 g/mol. The summed E-state index contributed by atoms with van der Waals surface area (Å²) >= 11 is 0. The van der Waals surface area contributed by atoms with Gasteiger partial charge in [-0.2, -0.15) is 0 Å². The summed E-state index contributed by atoms with van der Waals surface area (Å²) in [4.78, 5) is 2.47. The zero-order valence-electron chi connectivity index (χ0n) is 34.2. The zero-order chi connectivity index (χ0) is 41.6. The van der Waals surface area contributed by atoms with E-state index in [-0.39, 0.29) is 0 Å². The van der Waals surface area contributed by atoms with Gasteiger partial charge in [0.05, 0.1) is 28.1 Å². The molecule has 0 radical (unpaired) electrons. The summed E-state index contributed by atoms with van der Waals surface area (Å²) in [7, 11) is 0. The van der Waals surface area contributed by atoms with Crippen molar-refractivity contribution in [3.05, 3.63) is 243 Å². The fourth-order valence-corrected chi connectivity index (χ4v) is 9.51. The van der Waals surface area contributed by atoms with Crippen LogP contribution in [-0.2, 0) is 0 Å². The standard InChI is InChI=1S/C60H42N2/c1-3-41-35-36-45(39-42(41)4-2)49-25-10-14-32-57(49)62(60-38-37-52(51-26-7-8-27-53(51)60)50-30-18-20-43-19-5-6-23-47(43)50)56-31-13-9-24-48(56)44-21-17-22-46(40-44)61-58-33-15-11-28-54(58)55-29-12-16-34-59(55)61/h3-40H,1-2H2. The van der Waals surface area contributed by atoms with E-state index in [1.54, 1.807) is 0 Å². The number of rotatable bonds is 9. The van der Waals surface area contributed by atoms with Crippen LogP contribution >= 0.6 is 0 Å². The lowest BCUT2D eigenvalue weighted by atomic mass is 9.92. The number of benzene rings is 10. The Labute approximate surface area is 362 Å². The molecule has 11 aromatic rings. The minimum absolute atomic E-state index is 1.05. The molecule has 292 valence electrons. The van der Waals surface area contributed by atoms with Crippen LogP contribution in [0.3, 0.4) is 0 Å². The van der Waals surface area contributed by atoms with E-state index in [1.807, 2.05) is 12.2 Å². The monoisotopic (exact) mass is 790 g/mol. The SMILES string of the molecule is C=Cc1ccc(-c2ccccc2N(c2ccccc2-c2cccc(-n3c4ccccc4c4ccccc43)c2)c2ccc(-c3cccc4ccccc34)c3ccccc23)cc1C=C. The lowest BCUT2D eigenvalue weighted by molar-refractivity contribution is 1.18. The molecule has 0 saturated carbocycles. The van der Waals surface area contributed by atoms with Gasteiger partial charge in [-0.1, -0.05) is 195 Å². The molecule has 0 fully saturated rings. The average Bonchev–Trinajstić information content (AvgIpc) is 3.68. The Hall–Kier alpha value is -8.20. The first-order chi connectivity index (χ1) is 30.7. The molecule has 0 saturated heterocycles. The zero-order valence-corrected chi connectivity index (χ0v) is 34.2. The quantitative estimate of drug-likeness (QED) is 0.141. The molecule has 0 aliphatic carbocycles. The number of fused-ring (bicyclic) bond motifs is 5. The van der Waals surface area contributed by atoms with Crippen molar-refractivity contribution in [1.29, 1.82) is 0 Å². The van der Waals surface area contributed by atoms with Gasteiger partial charge in [0.2, 0.25) is 0 Å². The van der Waals surface area contributed by atoms with Crippen LogP contribution in [0.1, 0.15) is 11.1 Å². The number of anilines is 3. The van der Waals surface area contributed by atoms with Crippen molar-refractivity contribution in [2.45, 2.75) is 0 Å². The van der Waals surface area contributed by atoms with Crippen LogP contribution in [0, 0.1) is 0 Å². The van der Waals surface area contributed by atoms with E-state index in [4.69, 9.17) is 0 Å². The Balaban J connectivity index is 1.17. The van der Waals surface area contributed by atoms with Crippen molar-refractivity contribution in [3.63, 3.8) is 0 Å². The summed E-state index contributed by atoms with van der Waals surface area (Å²) in [5.41, 5.74) is 15.7. The number of aromatic nitrogens is 1. The highest BCUT2D eigenvalue weighted by atomic mass is 15.1. The molecule has 0 N–H and O–H groups in total. The predicted octanol–water partition coefficient (Wildman–Crippen LogP) is 16.8. The first kappa shape index (κ1) is 36.8. The third-order valence-electron chi connectivity index (χ3n) is 12.3. The smallest absolute Gasteiger partial charge is 0.0541 e. The summed E-state index contributed by atoms with van der Waals surface area (Å²) in [6, 6.07) is 79.4. The second kappa shape index (κ2) is 15.4. The highest BCUT2D eigenvalue weighted by Gasteiger charge is 2.24. The van der Waals surface area contributed by atoms with Crippen molar-refractivity contribution in [3.8, 4) is 39.1 Å². The minimum atomic E-state index is 1.05. The summed E-state index contributed by atoms with van der Waals surface area (Å²) in [5.74, 6) is 0. The molecule has 2 heteroatoms. The van der Waals surface area contributed by atoms with Crippen LogP contribution in [0.15, 0.2) is 232 Å². The first-order valence-electron chi connectivity index (χ1n) is 21.2. The Morgan fingerprint density at radius 2 is 0.855 bits per heavy atom. The van der Waals surface area contributed by atoms with E-state index < -0.39 is 0 Å². The third kappa shape index (κ3) is 6.12. The topological polar surface area (TPSA) is 8.17 Å². The molecule has 0 bridgehead atoms. The first-order valence-corrected chi connectivity index (χ1v) is 21.2. The second-order valence-corrected chi connectivity index (χ2v) is 15.7. The highest BCUT2D eigenvalue weighted by Crippen LogP contribution is 2.49. The van der Waals surface area contributed by atoms with Gasteiger partial charge in [-0.15, -0.1) is 0 Å². The number of hydrogen-bond donors (Lipinski definition) is 0. The molecule has 62 heavy (non-hydrogen) atoms. The van der Waals surface area contributed by atoms with Crippen LogP contribution in [0.5, 0.6) is 0 Å². The average molecular weight is 791 g/mol. The van der Waals surface area contributed by atoms with E-state index in [1.165, 1.54) is 49.1 Å². The van der Waals surface area contributed by atoms with Crippen LogP contribution in [0.2, 0.25) is 0 Å². The van der Waals surface area contributed by atoms with Gasteiger partial charge in [-0.3, -0.25) is 0 Å². The van der Waals surface area contributed by atoms with Gasteiger partial charge in [0.25, 0.3) is 0 Å². The molecule has 1 aromatic heterocycles. The summed E-state index contributed by atoms with van der Waals surface area (Å²) < 4.78 is 2.40. The molecule has 10 aromatic carbocycles. The fourth-order valence-electron chi connectivity index (χ4n) is 9.51. The van der Waals surface area contributed by atoms with Crippen molar-refractivity contribution >= 4 is 72.6 Å². The van der Waals surface area contributed by atoms with Crippen LogP contribution in [0.4, 0.5) is 17.1 Å². The van der Waals surface area contributed by atoms with E-state index >= 15 is 0 Å². The molecule has 0 amide bonds. The second-order valence-electron chi connectivity index (χ2n) is 15.7. The van der Waals surface area contributed by atoms with E-state index in [0.717, 1.165) is 61.5 Å². The largest absolute Gasteiger partial charge is 0.309 e. The van der Waals surface area contributed by atoms with Crippen molar-refractivity contribution in [2.24, 2.45) is 0 Å². The van der Waals surface area contributed by atoms with Crippen molar-refractivity contribution in [2.75, 3.05) is 4.90 Å². The number of para-hydroxylation sites is 4. The molecular formula is C60H42N2. The third-order valence-corrected chi connectivity index (χ3v) is 12.3. The van der Waals surface area contributed by atoms with Gasteiger partial charge in [0.1, 0.15) is 0 Å². The summed E-state index contributed by atoms with van der Waals surface area (Å²) in [6.07, 6.45) is 3.81. The molecule has 11 rings (SSSR count). The molecule has 0 spiro atoms. The van der Waals surface area contributed by atoms with Gasteiger partial charge < -0.3 is 9.47 Å². The maximum absolute atomic E-state index is 4.16. The predicted molar refractivity (Wildman–Crippen MR) is 267 cm³/mol. The Kier molecular flexibility index (Phi) is 9.17. The van der Waals surface area contributed by atoms with Crippen LogP contribution in [-0.4, -0.2) is 4.57 Å². The maximum atomic E-state index is 4.16. The van der Waals surface area contributed by atoms with Gasteiger partial charge in [-0.25, -0.2) is 0 Å². The lowest BCUT2D eigenvalue weighted by Crippen LogP contribution is -2.13. The Morgan fingerprint density at radius 1 is 0.339 bits per heavy atom. The van der Waals surface area contributed by atoms with E-state index in [9.17, 15) is 0 Å². The highest BCUT2D eigenvalue weighted by molar-refractivity contribution is 6.12. The number of nitrogens with zero attached hydrogens (tertiary/aromatic N) is 2. The normalized spacial score (nSPS) is 11.4.